The highest BCUT2D eigenvalue weighted by Gasteiger charge is 2.17. The number of thioether (sulfide) groups is 1. The van der Waals surface area contributed by atoms with Gasteiger partial charge in [0, 0.05) is 17.3 Å². The Morgan fingerprint density at radius 1 is 1.33 bits per heavy atom. The zero-order valence-electron chi connectivity index (χ0n) is 18.0. The molecule has 33 heavy (non-hydrogen) atoms. The Morgan fingerprint density at radius 2 is 2.15 bits per heavy atom. The fourth-order valence-electron chi connectivity index (χ4n) is 2.44. The number of nitrogens with one attached hydrogen (secondary N) is 1. The van der Waals surface area contributed by atoms with Gasteiger partial charge in [0.2, 0.25) is 16.0 Å². The van der Waals surface area contributed by atoms with Gasteiger partial charge in [0.1, 0.15) is 11.6 Å². The van der Waals surface area contributed by atoms with E-state index in [-0.39, 0.29) is 22.8 Å². The Balaban J connectivity index is 1.71. The first kappa shape index (κ1) is 24.0. The number of methoxy groups -OCH3 is 1. The molecule has 0 bridgehead atoms. The Kier molecular flexibility index (Phi) is 8.23. The van der Waals surface area contributed by atoms with Gasteiger partial charge in [-0.15, -0.1) is 0 Å². The molecule has 1 amide bonds. The van der Waals surface area contributed by atoms with E-state index in [1.54, 1.807) is 18.2 Å². The molecule has 0 aliphatic heterocycles. The second-order valence-electron chi connectivity index (χ2n) is 6.99. The number of hydrogen-bond donors (Lipinski definition) is 1. The predicted octanol–water partition coefficient (Wildman–Crippen LogP) is 4.65. The molecule has 3 aromatic rings. The molecule has 9 nitrogen and oxygen atoms in total. The van der Waals surface area contributed by atoms with Crippen molar-refractivity contribution in [1.82, 2.24) is 9.36 Å². The number of aromatic nitrogens is 2. The maximum absolute atomic E-state index is 12.5. The van der Waals surface area contributed by atoms with Crippen LogP contribution < -0.4 is 14.8 Å². The number of furan rings is 1. The third kappa shape index (κ3) is 6.68. The molecule has 1 N–H and O–H groups in total. The smallest absolute Gasteiger partial charge is 0.379 e. The Hall–Kier alpha value is -3.62. The molecular weight excluding hydrogens is 464 g/mol. The van der Waals surface area contributed by atoms with Crippen molar-refractivity contribution in [2.24, 2.45) is 5.92 Å². The predicted molar refractivity (Wildman–Crippen MR) is 124 cm³/mol. The van der Waals surface area contributed by atoms with Crippen LogP contribution >= 0.6 is 23.3 Å². The minimum absolute atomic E-state index is 0.0481. The number of carbonyl (C=O) groups is 2. The first-order valence-electron chi connectivity index (χ1n) is 9.73. The normalized spacial score (nSPS) is 11.2. The van der Waals surface area contributed by atoms with Crippen LogP contribution in [0.1, 0.15) is 30.0 Å². The summed E-state index contributed by atoms with van der Waals surface area (Å²) in [6.45, 7) is 4.19. The Labute approximate surface area is 198 Å². The minimum Gasteiger partial charge on any atom is -0.493 e. The van der Waals surface area contributed by atoms with Crippen molar-refractivity contribution < 1.29 is 23.5 Å². The SMILES string of the molecule is COc1cc(/C=C(/C#N)C(=O)Nc2nc(SCC(C)C)ns2)ccc1OC(=O)c1ccco1. The number of benzene rings is 1. The van der Waals surface area contributed by atoms with E-state index in [1.807, 2.05) is 6.07 Å². The van der Waals surface area contributed by atoms with Crippen molar-refractivity contribution in [2.45, 2.75) is 19.0 Å². The third-order valence-electron chi connectivity index (χ3n) is 3.96. The lowest BCUT2D eigenvalue weighted by Gasteiger charge is -2.09. The van der Waals surface area contributed by atoms with E-state index >= 15 is 0 Å². The van der Waals surface area contributed by atoms with Gasteiger partial charge in [-0.3, -0.25) is 10.1 Å². The number of anilines is 1. The van der Waals surface area contributed by atoms with Crippen molar-refractivity contribution in [3.8, 4) is 17.6 Å². The zero-order chi connectivity index (χ0) is 23.8. The van der Waals surface area contributed by atoms with Gasteiger partial charge in [-0.1, -0.05) is 31.7 Å². The Morgan fingerprint density at radius 3 is 2.82 bits per heavy atom. The van der Waals surface area contributed by atoms with Crippen molar-refractivity contribution >= 4 is 46.4 Å². The molecule has 0 atom stereocenters. The zero-order valence-corrected chi connectivity index (χ0v) is 19.7. The van der Waals surface area contributed by atoms with Gasteiger partial charge in [0.05, 0.1) is 13.4 Å². The number of rotatable bonds is 9. The van der Waals surface area contributed by atoms with Crippen LogP contribution in [0.3, 0.4) is 0 Å². The lowest BCUT2D eigenvalue weighted by atomic mass is 10.1. The van der Waals surface area contributed by atoms with E-state index in [9.17, 15) is 14.9 Å². The molecule has 0 saturated heterocycles. The molecule has 0 fully saturated rings. The van der Waals surface area contributed by atoms with Crippen molar-refractivity contribution in [3.05, 3.63) is 53.5 Å². The summed E-state index contributed by atoms with van der Waals surface area (Å²) in [5, 5.41) is 12.9. The average Bonchev–Trinajstić information content (AvgIpc) is 3.49. The number of ether oxygens (including phenoxy) is 2. The van der Waals surface area contributed by atoms with E-state index < -0.39 is 11.9 Å². The molecule has 2 heterocycles. The highest BCUT2D eigenvalue weighted by Crippen LogP contribution is 2.30. The number of hydrogen-bond acceptors (Lipinski definition) is 10. The summed E-state index contributed by atoms with van der Waals surface area (Å²) in [6, 6.07) is 9.57. The van der Waals surface area contributed by atoms with Crippen molar-refractivity contribution in [3.63, 3.8) is 0 Å². The van der Waals surface area contributed by atoms with Crippen molar-refractivity contribution in [1.29, 1.82) is 5.26 Å². The maximum Gasteiger partial charge on any atom is 0.379 e. The standard InChI is InChI=1S/C22H20N4O5S2/c1-13(2)12-32-22-25-21(33-26-22)24-19(27)15(11-23)9-14-6-7-16(18(10-14)29-3)31-20(28)17-5-4-8-30-17/h4-10,13H,12H2,1-3H3,(H,24,25,26,27)/b15-9-. The molecule has 3 rings (SSSR count). The summed E-state index contributed by atoms with van der Waals surface area (Å²) in [7, 11) is 1.41. The van der Waals surface area contributed by atoms with Gasteiger partial charge in [0.25, 0.3) is 5.91 Å². The quantitative estimate of drug-likeness (QED) is 0.152. The van der Waals surface area contributed by atoms with E-state index in [1.165, 1.54) is 43.3 Å². The minimum atomic E-state index is -0.679. The number of nitrogens with zero attached hydrogens (tertiary/aromatic N) is 3. The number of amides is 1. The summed E-state index contributed by atoms with van der Waals surface area (Å²) < 4.78 is 19.8. The molecule has 2 aromatic heterocycles. The summed E-state index contributed by atoms with van der Waals surface area (Å²) in [4.78, 5) is 28.9. The second kappa shape index (κ2) is 11.3. The second-order valence-corrected chi connectivity index (χ2v) is 8.73. The van der Waals surface area contributed by atoms with Gasteiger partial charge in [0.15, 0.2) is 11.5 Å². The van der Waals surface area contributed by atoms with Crippen LogP contribution in [0.5, 0.6) is 11.5 Å². The van der Waals surface area contributed by atoms with Crippen LogP contribution in [0.4, 0.5) is 5.13 Å². The van der Waals surface area contributed by atoms with Crippen LogP contribution in [0.15, 0.2) is 51.7 Å². The van der Waals surface area contributed by atoms with Crippen LogP contribution in [-0.2, 0) is 4.79 Å². The number of carbonyl (C=O) groups excluding carboxylic acids is 2. The first-order chi connectivity index (χ1) is 15.9. The molecule has 0 aliphatic rings. The highest BCUT2D eigenvalue weighted by atomic mass is 32.2. The molecule has 1 aromatic carbocycles. The topological polar surface area (TPSA) is 127 Å². The largest absolute Gasteiger partial charge is 0.493 e. The molecule has 11 heteroatoms. The van der Waals surface area contributed by atoms with E-state index in [0.29, 0.717) is 21.8 Å². The van der Waals surface area contributed by atoms with Crippen LogP contribution in [0.2, 0.25) is 0 Å². The summed E-state index contributed by atoms with van der Waals surface area (Å²) in [6.07, 6.45) is 2.76. The fourth-order valence-corrected chi connectivity index (χ4v) is 3.93. The lowest BCUT2D eigenvalue weighted by Crippen LogP contribution is -2.13. The third-order valence-corrected chi connectivity index (χ3v) is 5.98. The molecule has 0 unspecified atom stereocenters. The summed E-state index contributed by atoms with van der Waals surface area (Å²) in [5.74, 6) is 0.524. The van der Waals surface area contributed by atoms with Crippen LogP contribution in [-0.4, -0.2) is 34.1 Å². The van der Waals surface area contributed by atoms with E-state index in [2.05, 4.69) is 28.5 Å². The Bertz CT molecular complexity index is 1200. The van der Waals surface area contributed by atoms with E-state index in [4.69, 9.17) is 13.9 Å². The van der Waals surface area contributed by atoms with Crippen molar-refractivity contribution in [2.75, 3.05) is 18.2 Å². The average molecular weight is 485 g/mol. The maximum atomic E-state index is 12.5. The van der Waals surface area contributed by atoms with Gasteiger partial charge in [-0.05, 0) is 41.8 Å². The van der Waals surface area contributed by atoms with Gasteiger partial charge < -0.3 is 13.9 Å². The molecule has 0 saturated carbocycles. The molecule has 0 radical (unpaired) electrons. The number of esters is 1. The number of nitriles is 1. The first-order valence-corrected chi connectivity index (χ1v) is 11.5. The van der Waals surface area contributed by atoms with Gasteiger partial charge >= 0.3 is 5.97 Å². The molecule has 170 valence electrons. The van der Waals surface area contributed by atoms with Crippen LogP contribution in [0.25, 0.3) is 6.08 Å². The lowest BCUT2D eigenvalue weighted by molar-refractivity contribution is -0.112. The monoisotopic (exact) mass is 484 g/mol. The van der Waals surface area contributed by atoms with E-state index in [0.717, 1.165) is 17.3 Å². The molecule has 0 spiro atoms. The highest BCUT2D eigenvalue weighted by molar-refractivity contribution is 7.99. The fraction of sp³-hybridized carbons (Fsp3) is 0.227. The summed E-state index contributed by atoms with van der Waals surface area (Å²) in [5.41, 5.74) is 0.366. The van der Waals surface area contributed by atoms with Gasteiger partial charge in [-0.25, -0.2) is 4.79 Å². The van der Waals surface area contributed by atoms with Crippen LogP contribution in [0, 0.1) is 17.2 Å². The summed E-state index contributed by atoms with van der Waals surface area (Å²) >= 11 is 2.55. The molecule has 0 aliphatic carbocycles. The van der Waals surface area contributed by atoms with Gasteiger partial charge in [-0.2, -0.15) is 14.6 Å². The molecular formula is C22H20N4O5S2.